The molecule has 0 radical (unpaired) electrons. The van der Waals surface area contributed by atoms with Crippen molar-refractivity contribution in [2.24, 2.45) is 0 Å². The van der Waals surface area contributed by atoms with Crippen LogP contribution in [0, 0.1) is 0 Å². The van der Waals surface area contributed by atoms with E-state index in [9.17, 15) is 14.7 Å². The Kier molecular flexibility index (Phi) is 4.57. The summed E-state index contributed by atoms with van der Waals surface area (Å²) in [4.78, 5) is 22.4. The van der Waals surface area contributed by atoms with Crippen molar-refractivity contribution in [3.63, 3.8) is 0 Å². The molecular formula is C17H18N4O3. The zero-order chi connectivity index (χ0) is 17.1. The van der Waals surface area contributed by atoms with Crippen LogP contribution in [-0.4, -0.2) is 23.0 Å². The van der Waals surface area contributed by atoms with E-state index in [1.807, 2.05) is 48.5 Å². The molecule has 1 saturated heterocycles. The second kappa shape index (κ2) is 6.79. The van der Waals surface area contributed by atoms with Crippen LogP contribution in [-0.2, 0) is 9.59 Å². The van der Waals surface area contributed by atoms with Crippen molar-refractivity contribution in [2.45, 2.75) is 19.0 Å². The number of hydrogen-bond donors (Lipinski definition) is 5. The molecule has 7 heteroatoms. The van der Waals surface area contributed by atoms with E-state index in [-0.39, 0.29) is 11.9 Å². The Balaban J connectivity index is 1.82. The Hall–Kier alpha value is -2.74. The minimum absolute atomic E-state index is 0.116. The van der Waals surface area contributed by atoms with E-state index in [1.54, 1.807) is 0 Å². The predicted molar refractivity (Wildman–Crippen MR) is 89.8 cm³/mol. The summed E-state index contributed by atoms with van der Waals surface area (Å²) in [6, 6.07) is 14.1. The fourth-order valence-corrected chi connectivity index (χ4v) is 2.71. The molecule has 2 aromatic carbocycles. The highest BCUT2D eigenvalue weighted by Crippen LogP contribution is 2.26. The molecule has 1 heterocycles. The smallest absolute Gasteiger partial charge is 0.324 e. The first-order valence-electron chi connectivity index (χ1n) is 7.51. The Labute approximate surface area is 139 Å². The number of nitrogens with one attached hydrogen (secondary N) is 4. The maximum atomic E-state index is 11.2. The molecule has 2 aromatic rings. The summed E-state index contributed by atoms with van der Waals surface area (Å²) in [5.74, 6) is -1.04. The van der Waals surface area contributed by atoms with Gasteiger partial charge in [0.05, 0.1) is 6.04 Å². The molecule has 2 atom stereocenters. The lowest BCUT2D eigenvalue weighted by atomic mass is 9.97. The third-order valence-electron chi connectivity index (χ3n) is 3.84. The molecule has 0 spiro atoms. The average Bonchev–Trinajstić information content (AvgIpc) is 3.04. The molecule has 124 valence electrons. The van der Waals surface area contributed by atoms with Gasteiger partial charge in [-0.15, -0.1) is 0 Å². The van der Waals surface area contributed by atoms with Crippen LogP contribution >= 0.6 is 0 Å². The monoisotopic (exact) mass is 326 g/mol. The van der Waals surface area contributed by atoms with Crippen LogP contribution in [0.25, 0.3) is 11.1 Å². The highest BCUT2D eigenvalue weighted by atomic mass is 16.4. The Morgan fingerprint density at radius 2 is 1.79 bits per heavy atom. The summed E-state index contributed by atoms with van der Waals surface area (Å²) in [6.07, 6.45) is 0. The normalized spacial score (nSPS) is 19.9. The molecule has 1 aliphatic rings. The average molecular weight is 326 g/mol. The van der Waals surface area contributed by atoms with Crippen LogP contribution in [0.5, 0.6) is 0 Å². The summed E-state index contributed by atoms with van der Waals surface area (Å²) in [6.45, 7) is 1.47. The maximum absolute atomic E-state index is 11.2. The summed E-state index contributed by atoms with van der Waals surface area (Å²) in [5.41, 5.74) is 11.8. The maximum Gasteiger partial charge on any atom is 0.324 e. The molecule has 3 rings (SSSR count). The predicted octanol–water partition coefficient (Wildman–Crippen LogP) is 1.42. The molecule has 5 N–H and O–H groups in total. The topological polar surface area (TPSA) is 102 Å². The van der Waals surface area contributed by atoms with Crippen molar-refractivity contribution in [2.75, 3.05) is 5.32 Å². The SMILES string of the molecule is CC(=O)Nc1cccc(-c2ccc(C3NNNC3C(=O)O)cc2)c1. The van der Waals surface area contributed by atoms with Crippen LogP contribution in [0.4, 0.5) is 5.69 Å². The van der Waals surface area contributed by atoms with Gasteiger partial charge in [0.25, 0.3) is 0 Å². The Morgan fingerprint density at radius 3 is 2.46 bits per heavy atom. The molecule has 2 unspecified atom stereocenters. The lowest BCUT2D eigenvalue weighted by Crippen LogP contribution is -2.38. The number of amides is 1. The molecule has 0 aromatic heterocycles. The summed E-state index contributed by atoms with van der Waals surface area (Å²) < 4.78 is 0. The largest absolute Gasteiger partial charge is 0.480 e. The van der Waals surface area contributed by atoms with Gasteiger partial charge in [-0.2, -0.15) is 5.53 Å². The van der Waals surface area contributed by atoms with Crippen molar-refractivity contribution in [1.82, 2.24) is 16.4 Å². The first-order valence-corrected chi connectivity index (χ1v) is 7.51. The third kappa shape index (κ3) is 3.43. The van der Waals surface area contributed by atoms with Crippen LogP contribution in [0.2, 0.25) is 0 Å². The van der Waals surface area contributed by atoms with E-state index in [0.717, 1.165) is 22.4 Å². The number of carbonyl (C=O) groups excluding carboxylic acids is 1. The molecule has 1 amide bonds. The molecular weight excluding hydrogens is 308 g/mol. The highest BCUT2D eigenvalue weighted by molar-refractivity contribution is 5.89. The number of benzene rings is 2. The van der Waals surface area contributed by atoms with Crippen LogP contribution in [0.15, 0.2) is 48.5 Å². The lowest BCUT2D eigenvalue weighted by Gasteiger charge is -2.15. The molecule has 1 aliphatic heterocycles. The van der Waals surface area contributed by atoms with Crippen molar-refractivity contribution < 1.29 is 14.7 Å². The highest BCUT2D eigenvalue weighted by Gasteiger charge is 2.33. The number of hydrogen-bond acceptors (Lipinski definition) is 5. The minimum atomic E-state index is -0.926. The fourth-order valence-electron chi connectivity index (χ4n) is 2.71. The Morgan fingerprint density at radius 1 is 1.04 bits per heavy atom. The first-order chi connectivity index (χ1) is 11.5. The van der Waals surface area contributed by atoms with Gasteiger partial charge in [-0.3, -0.25) is 9.59 Å². The van der Waals surface area contributed by atoms with Crippen molar-refractivity contribution in [1.29, 1.82) is 0 Å². The van der Waals surface area contributed by atoms with Gasteiger partial charge in [0, 0.05) is 12.6 Å². The van der Waals surface area contributed by atoms with E-state index in [2.05, 4.69) is 21.7 Å². The summed E-state index contributed by atoms with van der Waals surface area (Å²) in [7, 11) is 0. The first kappa shape index (κ1) is 16.1. The van der Waals surface area contributed by atoms with Crippen molar-refractivity contribution in [3.8, 4) is 11.1 Å². The number of aliphatic carboxylic acids is 1. The molecule has 0 aliphatic carbocycles. The summed E-state index contributed by atoms with van der Waals surface area (Å²) >= 11 is 0. The standard InChI is InChI=1S/C17H18N4O3/c1-10(22)18-14-4-2-3-13(9-14)11-5-7-12(8-6-11)15-16(17(23)24)20-21-19-15/h2-9,15-16,19-21H,1H3,(H,18,22)(H,23,24). The van der Waals surface area contributed by atoms with Gasteiger partial charge in [0.1, 0.15) is 6.04 Å². The van der Waals surface area contributed by atoms with Gasteiger partial charge in [-0.1, -0.05) is 36.4 Å². The number of carbonyl (C=O) groups is 2. The van der Waals surface area contributed by atoms with Gasteiger partial charge >= 0.3 is 5.97 Å². The molecule has 24 heavy (non-hydrogen) atoms. The van der Waals surface area contributed by atoms with E-state index in [1.165, 1.54) is 6.92 Å². The zero-order valence-corrected chi connectivity index (χ0v) is 13.0. The number of carboxylic acid groups (broad SMARTS) is 1. The van der Waals surface area contributed by atoms with Gasteiger partial charge in [-0.25, -0.2) is 10.9 Å². The quantitative estimate of drug-likeness (QED) is 0.582. The van der Waals surface area contributed by atoms with Crippen LogP contribution < -0.4 is 21.7 Å². The molecule has 0 bridgehead atoms. The second-order valence-electron chi connectivity index (χ2n) is 5.59. The van der Waals surface area contributed by atoms with Crippen molar-refractivity contribution in [3.05, 3.63) is 54.1 Å². The van der Waals surface area contributed by atoms with Crippen LogP contribution in [0.3, 0.4) is 0 Å². The molecule has 1 fully saturated rings. The molecule has 0 saturated carbocycles. The molecule has 7 nitrogen and oxygen atoms in total. The van der Waals surface area contributed by atoms with E-state index in [4.69, 9.17) is 0 Å². The summed E-state index contributed by atoms with van der Waals surface area (Å²) in [5, 5.41) is 12.0. The van der Waals surface area contributed by atoms with Gasteiger partial charge in [-0.05, 0) is 28.8 Å². The second-order valence-corrected chi connectivity index (χ2v) is 5.59. The van der Waals surface area contributed by atoms with Crippen LogP contribution in [0.1, 0.15) is 18.5 Å². The number of anilines is 1. The Bertz CT molecular complexity index is 761. The fraction of sp³-hybridized carbons (Fsp3) is 0.176. The number of rotatable bonds is 4. The number of hydrazine groups is 2. The van der Waals surface area contributed by atoms with Gasteiger partial charge < -0.3 is 10.4 Å². The van der Waals surface area contributed by atoms with Gasteiger partial charge in [0.15, 0.2) is 0 Å². The third-order valence-corrected chi connectivity index (χ3v) is 3.84. The van der Waals surface area contributed by atoms with E-state index >= 15 is 0 Å². The lowest BCUT2D eigenvalue weighted by molar-refractivity contribution is -0.139. The minimum Gasteiger partial charge on any atom is -0.480 e. The van der Waals surface area contributed by atoms with Gasteiger partial charge in [0.2, 0.25) is 5.91 Å². The van der Waals surface area contributed by atoms with E-state index in [0.29, 0.717) is 0 Å². The van der Waals surface area contributed by atoms with Crippen molar-refractivity contribution >= 4 is 17.6 Å². The van der Waals surface area contributed by atoms with E-state index < -0.39 is 12.0 Å². The zero-order valence-electron chi connectivity index (χ0n) is 13.0. The number of carboxylic acids is 1.